The van der Waals surface area contributed by atoms with Crippen LogP contribution in [0.2, 0.25) is 0 Å². The van der Waals surface area contributed by atoms with Gasteiger partial charge in [0, 0.05) is 24.2 Å². The predicted molar refractivity (Wildman–Crippen MR) is 66.3 cm³/mol. The summed E-state index contributed by atoms with van der Waals surface area (Å²) in [5.41, 5.74) is 2.34. The second-order valence-electron chi connectivity index (χ2n) is 3.58. The van der Waals surface area contributed by atoms with E-state index in [-0.39, 0.29) is 0 Å². The van der Waals surface area contributed by atoms with E-state index >= 15 is 0 Å². The average molecular weight is 235 g/mol. The van der Waals surface area contributed by atoms with Gasteiger partial charge in [0.25, 0.3) is 0 Å². The van der Waals surface area contributed by atoms with E-state index in [1.165, 1.54) is 0 Å². The van der Waals surface area contributed by atoms with Crippen LogP contribution in [0.3, 0.4) is 0 Å². The molecule has 5 nitrogen and oxygen atoms in total. The SMILES string of the molecule is c1ccc(-c2ccnnc2-c2ncccn2)nc1. The molecule has 0 aliphatic carbocycles. The molecule has 0 amide bonds. The van der Waals surface area contributed by atoms with Gasteiger partial charge >= 0.3 is 0 Å². The molecule has 0 bridgehead atoms. The zero-order valence-corrected chi connectivity index (χ0v) is 9.43. The second-order valence-corrected chi connectivity index (χ2v) is 3.58. The molecule has 0 fully saturated rings. The van der Waals surface area contributed by atoms with E-state index < -0.39 is 0 Å². The van der Waals surface area contributed by atoms with Crippen molar-refractivity contribution in [2.45, 2.75) is 0 Å². The Labute approximate surface area is 104 Å². The highest BCUT2D eigenvalue weighted by Crippen LogP contribution is 2.25. The molecule has 18 heavy (non-hydrogen) atoms. The van der Waals surface area contributed by atoms with Crippen molar-refractivity contribution < 1.29 is 0 Å². The Balaban J connectivity index is 2.18. The highest BCUT2D eigenvalue weighted by atomic mass is 15.1. The number of hydrogen-bond donors (Lipinski definition) is 0. The first-order valence-electron chi connectivity index (χ1n) is 5.45. The van der Waals surface area contributed by atoms with Gasteiger partial charge in [-0.15, -0.1) is 5.10 Å². The third kappa shape index (κ3) is 1.93. The fraction of sp³-hybridized carbons (Fsp3) is 0. The van der Waals surface area contributed by atoms with Crippen molar-refractivity contribution in [3.05, 3.63) is 55.1 Å². The Kier molecular flexibility index (Phi) is 2.71. The Morgan fingerprint density at radius 2 is 1.56 bits per heavy atom. The Morgan fingerprint density at radius 1 is 0.722 bits per heavy atom. The monoisotopic (exact) mass is 235 g/mol. The van der Waals surface area contributed by atoms with Gasteiger partial charge in [-0.05, 0) is 24.3 Å². The van der Waals surface area contributed by atoms with Crippen molar-refractivity contribution in [2.75, 3.05) is 0 Å². The maximum atomic E-state index is 4.31. The zero-order valence-electron chi connectivity index (χ0n) is 9.43. The number of hydrogen-bond acceptors (Lipinski definition) is 5. The lowest BCUT2D eigenvalue weighted by Gasteiger charge is -2.04. The van der Waals surface area contributed by atoms with Crippen LogP contribution in [0.5, 0.6) is 0 Å². The fourth-order valence-corrected chi connectivity index (χ4v) is 1.65. The first-order chi connectivity index (χ1) is 8.95. The molecule has 0 atom stereocenters. The van der Waals surface area contributed by atoms with E-state index in [1.54, 1.807) is 30.9 Å². The van der Waals surface area contributed by atoms with Crippen LogP contribution < -0.4 is 0 Å². The number of nitrogens with zero attached hydrogens (tertiary/aromatic N) is 5. The van der Waals surface area contributed by atoms with Crippen molar-refractivity contribution in [2.24, 2.45) is 0 Å². The lowest BCUT2D eigenvalue weighted by atomic mass is 10.1. The molecule has 3 aromatic heterocycles. The van der Waals surface area contributed by atoms with Gasteiger partial charge in [0.05, 0.1) is 11.9 Å². The quantitative estimate of drug-likeness (QED) is 0.679. The molecule has 0 radical (unpaired) electrons. The highest BCUT2D eigenvalue weighted by Gasteiger charge is 2.11. The summed E-state index contributed by atoms with van der Waals surface area (Å²) in [4.78, 5) is 12.7. The topological polar surface area (TPSA) is 64.5 Å². The minimum absolute atomic E-state index is 0.547. The van der Waals surface area contributed by atoms with Gasteiger partial charge in [0.15, 0.2) is 5.82 Å². The second kappa shape index (κ2) is 4.67. The van der Waals surface area contributed by atoms with Crippen LogP contribution in [0, 0.1) is 0 Å². The lowest BCUT2D eigenvalue weighted by molar-refractivity contribution is 1.01. The number of aromatic nitrogens is 5. The zero-order chi connectivity index (χ0) is 12.2. The molecular formula is C13H9N5. The Bertz CT molecular complexity index is 581. The standard InChI is InChI=1S/C13H9N5/c1-2-6-14-11(4-1)10-5-9-17-18-12(10)13-15-7-3-8-16-13/h1-9H. The molecule has 0 saturated heterocycles. The number of rotatable bonds is 2. The predicted octanol–water partition coefficient (Wildman–Crippen LogP) is 2.00. The van der Waals surface area contributed by atoms with Crippen LogP contribution in [0.25, 0.3) is 22.8 Å². The van der Waals surface area contributed by atoms with Crippen LogP contribution in [0.4, 0.5) is 0 Å². The minimum atomic E-state index is 0.547. The van der Waals surface area contributed by atoms with Gasteiger partial charge in [-0.2, -0.15) is 5.10 Å². The van der Waals surface area contributed by atoms with E-state index in [4.69, 9.17) is 0 Å². The molecule has 3 aromatic rings. The highest BCUT2D eigenvalue weighted by molar-refractivity contribution is 5.74. The molecule has 0 spiro atoms. The van der Waals surface area contributed by atoms with Crippen LogP contribution in [-0.2, 0) is 0 Å². The van der Waals surface area contributed by atoms with Crippen molar-refractivity contribution in [3.8, 4) is 22.8 Å². The van der Waals surface area contributed by atoms with Gasteiger partial charge in [-0.1, -0.05) is 6.07 Å². The first kappa shape index (κ1) is 10.5. The smallest absolute Gasteiger partial charge is 0.180 e. The molecule has 0 aliphatic heterocycles. The van der Waals surface area contributed by atoms with Gasteiger partial charge in [-0.25, -0.2) is 9.97 Å². The van der Waals surface area contributed by atoms with Crippen LogP contribution in [-0.4, -0.2) is 25.1 Å². The van der Waals surface area contributed by atoms with E-state index in [0.717, 1.165) is 11.3 Å². The van der Waals surface area contributed by atoms with Gasteiger partial charge in [-0.3, -0.25) is 4.98 Å². The molecular weight excluding hydrogens is 226 g/mol. The normalized spacial score (nSPS) is 10.2. The molecule has 5 heteroatoms. The maximum Gasteiger partial charge on any atom is 0.180 e. The molecule has 0 aliphatic rings. The van der Waals surface area contributed by atoms with Gasteiger partial charge in [0.1, 0.15) is 5.69 Å². The third-order valence-electron chi connectivity index (χ3n) is 2.44. The van der Waals surface area contributed by atoms with Crippen LogP contribution >= 0.6 is 0 Å². The summed E-state index contributed by atoms with van der Waals surface area (Å²) < 4.78 is 0. The van der Waals surface area contributed by atoms with Gasteiger partial charge < -0.3 is 0 Å². The summed E-state index contributed by atoms with van der Waals surface area (Å²) in [6.07, 6.45) is 6.74. The fourth-order valence-electron chi connectivity index (χ4n) is 1.65. The van der Waals surface area contributed by atoms with Crippen molar-refractivity contribution in [1.82, 2.24) is 25.1 Å². The van der Waals surface area contributed by atoms with Crippen molar-refractivity contribution in [3.63, 3.8) is 0 Å². The summed E-state index contributed by atoms with van der Waals surface area (Å²) in [6.45, 7) is 0. The maximum absolute atomic E-state index is 4.31. The summed E-state index contributed by atoms with van der Waals surface area (Å²) in [6, 6.07) is 9.35. The van der Waals surface area contributed by atoms with E-state index in [1.807, 2.05) is 24.3 Å². The van der Waals surface area contributed by atoms with Crippen molar-refractivity contribution in [1.29, 1.82) is 0 Å². The van der Waals surface area contributed by atoms with Crippen LogP contribution in [0.1, 0.15) is 0 Å². The third-order valence-corrected chi connectivity index (χ3v) is 2.44. The largest absolute Gasteiger partial charge is 0.256 e. The Hall–Kier alpha value is -2.69. The van der Waals surface area contributed by atoms with E-state index in [0.29, 0.717) is 11.5 Å². The summed E-state index contributed by atoms with van der Waals surface area (Å²) in [5.74, 6) is 0.547. The molecule has 0 aromatic carbocycles. The Morgan fingerprint density at radius 3 is 2.33 bits per heavy atom. The lowest BCUT2D eigenvalue weighted by Crippen LogP contribution is -1.96. The summed E-state index contributed by atoms with van der Waals surface area (Å²) in [7, 11) is 0. The molecule has 0 unspecified atom stereocenters. The van der Waals surface area contributed by atoms with E-state index in [9.17, 15) is 0 Å². The van der Waals surface area contributed by atoms with Crippen LogP contribution in [0.15, 0.2) is 55.1 Å². The molecule has 3 heterocycles. The molecule has 3 rings (SSSR count). The number of pyridine rings is 1. The van der Waals surface area contributed by atoms with Gasteiger partial charge in [0.2, 0.25) is 0 Å². The summed E-state index contributed by atoms with van der Waals surface area (Å²) >= 11 is 0. The molecule has 0 N–H and O–H groups in total. The van der Waals surface area contributed by atoms with Crippen molar-refractivity contribution >= 4 is 0 Å². The molecule has 0 saturated carbocycles. The first-order valence-corrected chi connectivity index (χ1v) is 5.45. The van der Waals surface area contributed by atoms with E-state index in [2.05, 4.69) is 25.1 Å². The average Bonchev–Trinajstić information content (AvgIpc) is 2.49. The molecule has 86 valence electrons. The summed E-state index contributed by atoms with van der Waals surface area (Å²) in [5, 5.41) is 8.00. The minimum Gasteiger partial charge on any atom is -0.256 e.